The summed E-state index contributed by atoms with van der Waals surface area (Å²) >= 11 is 13.4. The van der Waals surface area contributed by atoms with Gasteiger partial charge in [0.05, 0.1) is 15.7 Å². The zero-order valence-electron chi connectivity index (χ0n) is 16.6. The van der Waals surface area contributed by atoms with Crippen LogP contribution in [0.3, 0.4) is 0 Å². The molecule has 0 unspecified atom stereocenters. The summed E-state index contributed by atoms with van der Waals surface area (Å²) in [5, 5.41) is 3.78. The van der Waals surface area contributed by atoms with E-state index in [0.717, 1.165) is 21.9 Å². The SMILES string of the molecule is CCc1ccc(NC2=C(Sc3ccccc3)C(=O)N(c3ccc(Cl)c(Cl)c3)C2=O)cc1. The van der Waals surface area contributed by atoms with Crippen LogP contribution in [0.25, 0.3) is 0 Å². The molecule has 156 valence electrons. The lowest BCUT2D eigenvalue weighted by Crippen LogP contribution is -2.32. The molecule has 1 heterocycles. The van der Waals surface area contributed by atoms with Crippen molar-refractivity contribution in [2.24, 2.45) is 0 Å². The molecule has 2 amide bonds. The van der Waals surface area contributed by atoms with Crippen molar-refractivity contribution in [2.75, 3.05) is 10.2 Å². The molecule has 1 aliphatic heterocycles. The molecule has 0 aromatic heterocycles. The minimum absolute atomic E-state index is 0.231. The normalized spacial score (nSPS) is 13.8. The van der Waals surface area contributed by atoms with E-state index in [4.69, 9.17) is 23.2 Å². The van der Waals surface area contributed by atoms with Crippen LogP contribution < -0.4 is 10.2 Å². The van der Waals surface area contributed by atoms with Gasteiger partial charge in [-0.1, -0.05) is 72.2 Å². The van der Waals surface area contributed by atoms with E-state index in [1.54, 1.807) is 12.1 Å². The van der Waals surface area contributed by atoms with Crippen molar-refractivity contribution in [2.45, 2.75) is 18.2 Å². The van der Waals surface area contributed by atoms with Gasteiger partial charge in [-0.25, -0.2) is 4.90 Å². The number of imide groups is 1. The Labute approximate surface area is 194 Å². The fourth-order valence-corrected chi connectivity index (χ4v) is 4.39. The third-order valence-electron chi connectivity index (χ3n) is 4.80. The van der Waals surface area contributed by atoms with Crippen molar-refractivity contribution < 1.29 is 9.59 Å². The Bertz CT molecular complexity index is 1180. The Hall–Kier alpha value is -2.73. The number of nitrogens with one attached hydrogen (secondary N) is 1. The lowest BCUT2D eigenvalue weighted by Gasteiger charge is -2.16. The number of rotatable bonds is 6. The molecule has 4 rings (SSSR count). The van der Waals surface area contributed by atoms with E-state index in [-0.39, 0.29) is 10.7 Å². The molecule has 0 atom stereocenters. The van der Waals surface area contributed by atoms with Crippen LogP contribution in [0.5, 0.6) is 0 Å². The number of benzene rings is 3. The zero-order chi connectivity index (χ0) is 22.0. The van der Waals surface area contributed by atoms with E-state index >= 15 is 0 Å². The van der Waals surface area contributed by atoms with Gasteiger partial charge in [-0.3, -0.25) is 9.59 Å². The second-order valence-corrected chi connectivity index (χ2v) is 8.74. The van der Waals surface area contributed by atoms with Crippen molar-refractivity contribution in [3.05, 3.63) is 99.0 Å². The van der Waals surface area contributed by atoms with Crippen LogP contribution in [-0.2, 0) is 16.0 Å². The molecule has 0 fully saturated rings. The van der Waals surface area contributed by atoms with Gasteiger partial charge < -0.3 is 5.32 Å². The largest absolute Gasteiger partial charge is 0.350 e. The number of amides is 2. The van der Waals surface area contributed by atoms with Gasteiger partial charge in [-0.05, 0) is 54.4 Å². The van der Waals surface area contributed by atoms with Crippen LogP contribution in [0.15, 0.2) is 88.3 Å². The van der Waals surface area contributed by atoms with E-state index < -0.39 is 11.8 Å². The smallest absolute Gasteiger partial charge is 0.283 e. The van der Waals surface area contributed by atoms with Crippen molar-refractivity contribution >= 4 is 58.2 Å². The molecule has 0 saturated carbocycles. The molecule has 0 aliphatic carbocycles. The summed E-state index contributed by atoms with van der Waals surface area (Å²) in [6, 6.07) is 21.9. The van der Waals surface area contributed by atoms with E-state index in [1.165, 1.54) is 23.4 Å². The number of nitrogens with zero attached hydrogens (tertiary/aromatic N) is 1. The Morgan fingerprint density at radius 2 is 1.58 bits per heavy atom. The third-order valence-corrected chi connectivity index (χ3v) is 6.63. The van der Waals surface area contributed by atoms with Crippen LogP contribution in [0.1, 0.15) is 12.5 Å². The Kier molecular flexibility index (Phi) is 6.37. The summed E-state index contributed by atoms with van der Waals surface area (Å²) in [5.74, 6) is -0.855. The second-order valence-electron chi connectivity index (χ2n) is 6.84. The van der Waals surface area contributed by atoms with E-state index in [2.05, 4.69) is 12.2 Å². The molecule has 4 nitrogen and oxygen atoms in total. The molecule has 3 aromatic rings. The van der Waals surface area contributed by atoms with E-state index in [1.807, 2.05) is 54.6 Å². The molecule has 0 spiro atoms. The molecule has 1 aliphatic rings. The van der Waals surface area contributed by atoms with Crippen LogP contribution in [-0.4, -0.2) is 11.8 Å². The quantitative estimate of drug-likeness (QED) is 0.416. The van der Waals surface area contributed by atoms with Gasteiger partial charge in [0, 0.05) is 10.6 Å². The summed E-state index contributed by atoms with van der Waals surface area (Å²) in [5.41, 5.74) is 2.52. The summed E-state index contributed by atoms with van der Waals surface area (Å²) < 4.78 is 0. The number of carbonyl (C=O) groups is 2. The minimum Gasteiger partial charge on any atom is -0.350 e. The fraction of sp³-hybridized carbons (Fsp3) is 0.0833. The zero-order valence-corrected chi connectivity index (χ0v) is 18.9. The maximum absolute atomic E-state index is 13.3. The Balaban J connectivity index is 1.73. The van der Waals surface area contributed by atoms with Gasteiger partial charge in [0.25, 0.3) is 11.8 Å². The van der Waals surface area contributed by atoms with Gasteiger partial charge >= 0.3 is 0 Å². The molecule has 31 heavy (non-hydrogen) atoms. The number of halogens is 2. The van der Waals surface area contributed by atoms with Gasteiger partial charge in [-0.2, -0.15) is 0 Å². The standard InChI is InChI=1S/C24H18Cl2N2O2S/c1-2-15-8-10-16(11-9-15)27-21-22(31-18-6-4-3-5-7-18)24(30)28(23(21)29)17-12-13-19(25)20(26)14-17/h3-14,27H,2H2,1H3. The molecular formula is C24H18Cl2N2O2S. The maximum atomic E-state index is 13.3. The highest BCUT2D eigenvalue weighted by molar-refractivity contribution is 8.04. The van der Waals surface area contributed by atoms with Gasteiger partial charge in [0.2, 0.25) is 0 Å². The van der Waals surface area contributed by atoms with Crippen LogP contribution in [0.4, 0.5) is 11.4 Å². The summed E-state index contributed by atoms with van der Waals surface area (Å²) in [6.45, 7) is 2.08. The predicted octanol–water partition coefficient (Wildman–Crippen LogP) is 6.55. The number of hydrogen-bond donors (Lipinski definition) is 1. The van der Waals surface area contributed by atoms with E-state index in [9.17, 15) is 9.59 Å². The predicted molar refractivity (Wildman–Crippen MR) is 128 cm³/mol. The van der Waals surface area contributed by atoms with Crippen molar-refractivity contribution in [3.63, 3.8) is 0 Å². The summed E-state index contributed by atoms with van der Waals surface area (Å²) in [4.78, 5) is 29.0. The molecule has 3 aromatic carbocycles. The number of aryl methyl sites for hydroxylation is 1. The second kappa shape index (κ2) is 9.18. The average Bonchev–Trinajstić information content (AvgIpc) is 3.01. The van der Waals surface area contributed by atoms with Crippen molar-refractivity contribution in [3.8, 4) is 0 Å². The maximum Gasteiger partial charge on any atom is 0.283 e. The molecular weight excluding hydrogens is 451 g/mol. The van der Waals surface area contributed by atoms with Crippen LogP contribution in [0, 0.1) is 0 Å². The molecule has 1 N–H and O–H groups in total. The first-order valence-electron chi connectivity index (χ1n) is 9.65. The monoisotopic (exact) mass is 468 g/mol. The summed E-state index contributed by atoms with van der Waals surface area (Å²) in [7, 11) is 0. The summed E-state index contributed by atoms with van der Waals surface area (Å²) in [6.07, 6.45) is 0.917. The lowest BCUT2D eigenvalue weighted by atomic mass is 10.1. The van der Waals surface area contributed by atoms with Gasteiger partial charge in [0.1, 0.15) is 10.6 Å². The average molecular weight is 469 g/mol. The number of anilines is 2. The molecule has 0 saturated heterocycles. The minimum atomic E-state index is -0.443. The number of thioether (sulfide) groups is 1. The first-order valence-corrected chi connectivity index (χ1v) is 11.2. The fourth-order valence-electron chi connectivity index (χ4n) is 3.15. The lowest BCUT2D eigenvalue weighted by molar-refractivity contribution is -0.120. The van der Waals surface area contributed by atoms with Crippen molar-refractivity contribution in [1.82, 2.24) is 0 Å². The van der Waals surface area contributed by atoms with Crippen LogP contribution in [0.2, 0.25) is 10.0 Å². The highest BCUT2D eigenvalue weighted by Gasteiger charge is 2.40. The highest BCUT2D eigenvalue weighted by Crippen LogP contribution is 2.39. The number of hydrogen-bond acceptors (Lipinski definition) is 4. The Morgan fingerprint density at radius 1 is 0.871 bits per heavy atom. The van der Waals surface area contributed by atoms with Gasteiger partial charge in [-0.15, -0.1) is 0 Å². The Morgan fingerprint density at radius 3 is 2.23 bits per heavy atom. The van der Waals surface area contributed by atoms with Gasteiger partial charge in [0.15, 0.2) is 0 Å². The molecule has 0 bridgehead atoms. The van der Waals surface area contributed by atoms with Crippen LogP contribution >= 0.6 is 35.0 Å². The number of carbonyl (C=O) groups excluding carboxylic acids is 2. The first-order chi connectivity index (χ1) is 15.0. The molecule has 7 heteroatoms. The van der Waals surface area contributed by atoms with E-state index in [0.29, 0.717) is 15.6 Å². The first kappa shape index (κ1) is 21.5. The third kappa shape index (κ3) is 4.49. The van der Waals surface area contributed by atoms with Crippen molar-refractivity contribution in [1.29, 1.82) is 0 Å². The highest BCUT2D eigenvalue weighted by atomic mass is 35.5. The molecule has 0 radical (unpaired) electrons. The topological polar surface area (TPSA) is 49.4 Å².